The summed E-state index contributed by atoms with van der Waals surface area (Å²) in [6.07, 6.45) is 6.05. The predicted octanol–water partition coefficient (Wildman–Crippen LogP) is 2.70. The molecule has 118 valence electrons. The first-order chi connectivity index (χ1) is 10.1. The van der Waals surface area contributed by atoms with Crippen molar-refractivity contribution in [3.63, 3.8) is 0 Å². The van der Waals surface area contributed by atoms with Gasteiger partial charge in [-0.3, -0.25) is 0 Å². The van der Waals surface area contributed by atoms with Crippen LogP contribution in [-0.2, 0) is 23.1 Å². The Labute approximate surface area is 127 Å². The van der Waals surface area contributed by atoms with Crippen LogP contribution in [-0.4, -0.2) is 30.9 Å². The van der Waals surface area contributed by atoms with E-state index in [2.05, 4.69) is 0 Å². The van der Waals surface area contributed by atoms with E-state index >= 15 is 0 Å². The Bertz CT molecular complexity index is 561. The van der Waals surface area contributed by atoms with Gasteiger partial charge >= 0.3 is 0 Å². The van der Waals surface area contributed by atoms with E-state index in [0.717, 1.165) is 37.7 Å². The molecule has 1 heterocycles. The Morgan fingerprint density at radius 2 is 1.67 bits per heavy atom. The third-order valence-electron chi connectivity index (χ3n) is 4.18. The van der Waals surface area contributed by atoms with E-state index in [4.69, 9.17) is 0 Å². The molecule has 0 radical (unpaired) electrons. The molecule has 21 heavy (non-hydrogen) atoms. The molecule has 4 nitrogen and oxygen atoms in total. The standard InChI is InChI=1S/C16H25NO3S/c1-2-14-8-9-16(12-15(14)13-18)21(19,20)17-10-6-4-3-5-7-11-17/h8-9,12,18H,2-7,10-11,13H2,1H3. The average molecular weight is 311 g/mol. The molecule has 0 spiro atoms. The van der Waals surface area contributed by atoms with Crippen LogP contribution in [0.2, 0.25) is 0 Å². The molecule has 1 aliphatic heterocycles. The number of sulfonamides is 1. The van der Waals surface area contributed by atoms with Gasteiger partial charge in [0.2, 0.25) is 10.0 Å². The van der Waals surface area contributed by atoms with Crippen LogP contribution in [0.25, 0.3) is 0 Å². The maximum Gasteiger partial charge on any atom is 0.243 e. The zero-order valence-electron chi connectivity index (χ0n) is 12.7. The van der Waals surface area contributed by atoms with Gasteiger partial charge in [-0.25, -0.2) is 8.42 Å². The van der Waals surface area contributed by atoms with Crippen molar-refractivity contribution in [2.45, 2.75) is 57.0 Å². The summed E-state index contributed by atoms with van der Waals surface area (Å²) >= 11 is 0. The number of nitrogens with zero attached hydrogens (tertiary/aromatic N) is 1. The topological polar surface area (TPSA) is 57.6 Å². The summed E-state index contributed by atoms with van der Waals surface area (Å²) in [5, 5.41) is 9.42. The summed E-state index contributed by atoms with van der Waals surface area (Å²) < 4.78 is 27.1. The Morgan fingerprint density at radius 1 is 1.05 bits per heavy atom. The van der Waals surface area contributed by atoms with Crippen LogP contribution in [0.5, 0.6) is 0 Å². The minimum absolute atomic E-state index is 0.119. The molecule has 0 amide bonds. The monoisotopic (exact) mass is 311 g/mol. The molecule has 0 saturated carbocycles. The summed E-state index contributed by atoms with van der Waals surface area (Å²) in [5.41, 5.74) is 1.72. The van der Waals surface area contributed by atoms with E-state index in [9.17, 15) is 13.5 Å². The molecule has 0 aliphatic carbocycles. The summed E-state index contributed by atoms with van der Waals surface area (Å²) in [7, 11) is -3.44. The van der Waals surface area contributed by atoms with E-state index in [1.165, 1.54) is 6.42 Å². The molecular weight excluding hydrogens is 286 g/mol. The zero-order valence-corrected chi connectivity index (χ0v) is 13.5. The van der Waals surface area contributed by atoms with E-state index in [1.807, 2.05) is 13.0 Å². The van der Waals surface area contributed by atoms with Crippen molar-refractivity contribution in [3.8, 4) is 0 Å². The van der Waals surface area contributed by atoms with Crippen LogP contribution in [0.4, 0.5) is 0 Å². The lowest BCUT2D eigenvalue weighted by Gasteiger charge is -2.24. The molecule has 2 rings (SSSR count). The van der Waals surface area contributed by atoms with Crippen molar-refractivity contribution < 1.29 is 13.5 Å². The molecule has 0 aromatic heterocycles. The van der Waals surface area contributed by atoms with Crippen molar-refractivity contribution in [2.24, 2.45) is 0 Å². The summed E-state index contributed by atoms with van der Waals surface area (Å²) in [6, 6.07) is 5.13. The highest BCUT2D eigenvalue weighted by Gasteiger charge is 2.25. The fraction of sp³-hybridized carbons (Fsp3) is 0.625. The Morgan fingerprint density at radius 3 is 2.24 bits per heavy atom. The maximum atomic E-state index is 12.8. The van der Waals surface area contributed by atoms with Crippen LogP contribution < -0.4 is 0 Å². The molecule has 1 fully saturated rings. The fourth-order valence-corrected chi connectivity index (χ4v) is 4.43. The minimum atomic E-state index is -3.44. The number of aliphatic hydroxyl groups is 1. The second-order valence-electron chi connectivity index (χ2n) is 5.61. The van der Waals surface area contributed by atoms with Gasteiger partial charge in [0.1, 0.15) is 0 Å². The van der Waals surface area contributed by atoms with Crippen LogP contribution in [0.3, 0.4) is 0 Å². The van der Waals surface area contributed by atoms with E-state index < -0.39 is 10.0 Å². The van der Waals surface area contributed by atoms with Crippen LogP contribution in [0.15, 0.2) is 23.1 Å². The highest BCUT2D eigenvalue weighted by molar-refractivity contribution is 7.89. The number of aryl methyl sites for hydroxylation is 1. The van der Waals surface area contributed by atoms with Crippen LogP contribution in [0, 0.1) is 0 Å². The second-order valence-corrected chi connectivity index (χ2v) is 7.55. The Kier molecular flexibility index (Phi) is 5.79. The summed E-state index contributed by atoms with van der Waals surface area (Å²) in [6.45, 7) is 3.09. The molecule has 1 saturated heterocycles. The summed E-state index contributed by atoms with van der Waals surface area (Å²) in [5.74, 6) is 0. The lowest BCUT2D eigenvalue weighted by atomic mass is 10.1. The first-order valence-corrected chi connectivity index (χ1v) is 9.26. The van der Waals surface area contributed by atoms with Crippen LogP contribution >= 0.6 is 0 Å². The molecule has 5 heteroatoms. The summed E-state index contributed by atoms with van der Waals surface area (Å²) in [4.78, 5) is 0.310. The molecular formula is C16H25NO3S. The number of aliphatic hydroxyl groups excluding tert-OH is 1. The lowest BCUT2D eigenvalue weighted by molar-refractivity contribution is 0.280. The smallest absolute Gasteiger partial charge is 0.243 e. The SMILES string of the molecule is CCc1ccc(S(=O)(=O)N2CCCCCCC2)cc1CO. The third-order valence-corrected chi connectivity index (χ3v) is 6.08. The van der Waals surface area contributed by atoms with Gasteiger partial charge in [-0.15, -0.1) is 0 Å². The first kappa shape index (κ1) is 16.5. The van der Waals surface area contributed by atoms with Gasteiger partial charge in [-0.05, 0) is 42.5 Å². The third kappa shape index (κ3) is 3.84. The van der Waals surface area contributed by atoms with Gasteiger partial charge in [0.25, 0.3) is 0 Å². The molecule has 0 bridgehead atoms. The van der Waals surface area contributed by atoms with Crippen molar-refractivity contribution in [1.82, 2.24) is 4.31 Å². The number of hydrogen-bond acceptors (Lipinski definition) is 3. The average Bonchev–Trinajstić information content (AvgIpc) is 2.45. The molecule has 1 aromatic carbocycles. The molecule has 0 atom stereocenters. The van der Waals surface area contributed by atoms with Gasteiger partial charge < -0.3 is 5.11 Å². The van der Waals surface area contributed by atoms with E-state index in [-0.39, 0.29) is 6.61 Å². The van der Waals surface area contributed by atoms with Gasteiger partial charge in [0.15, 0.2) is 0 Å². The van der Waals surface area contributed by atoms with E-state index in [0.29, 0.717) is 23.5 Å². The van der Waals surface area contributed by atoms with Gasteiger partial charge in [0, 0.05) is 13.1 Å². The number of benzene rings is 1. The molecule has 1 N–H and O–H groups in total. The fourth-order valence-electron chi connectivity index (χ4n) is 2.86. The van der Waals surface area contributed by atoms with Crippen molar-refractivity contribution in [3.05, 3.63) is 29.3 Å². The second kappa shape index (κ2) is 7.38. The molecule has 1 aliphatic rings. The lowest BCUT2D eigenvalue weighted by Crippen LogP contribution is -2.33. The Hall–Kier alpha value is -0.910. The van der Waals surface area contributed by atoms with Crippen molar-refractivity contribution in [2.75, 3.05) is 13.1 Å². The van der Waals surface area contributed by atoms with Crippen LogP contribution in [0.1, 0.15) is 50.2 Å². The predicted molar refractivity (Wildman–Crippen MR) is 83.6 cm³/mol. The van der Waals surface area contributed by atoms with E-state index in [1.54, 1.807) is 16.4 Å². The van der Waals surface area contributed by atoms with Gasteiger partial charge in [-0.2, -0.15) is 4.31 Å². The quantitative estimate of drug-likeness (QED) is 0.930. The highest BCUT2D eigenvalue weighted by Crippen LogP contribution is 2.23. The largest absolute Gasteiger partial charge is 0.392 e. The first-order valence-electron chi connectivity index (χ1n) is 7.82. The molecule has 1 aromatic rings. The Balaban J connectivity index is 2.29. The van der Waals surface area contributed by atoms with Crippen molar-refractivity contribution in [1.29, 1.82) is 0 Å². The van der Waals surface area contributed by atoms with Gasteiger partial charge in [-0.1, -0.05) is 32.3 Å². The van der Waals surface area contributed by atoms with Crippen molar-refractivity contribution >= 4 is 10.0 Å². The van der Waals surface area contributed by atoms with Gasteiger partial charge in [0.05, 0.1) is 11.5 Å². The number of hydrogen-bond donors (Lipinski definition) is 1. The molecule has 0 unspecified atom stereocenters. The number of rotatable bonds is 4. The normalized spacial score (nSPS) is 18.2. The zero-order chi connectivity index (χ0) is 15.3. The minimum Gasteiger partial charge on any atom is -0.392 e. The maximum absolute atomic E-state index is 12.8. The highest BCUT2D eigenvalue weighted by atomic mass is 32.2.